The van der Waals surface area contributed by atoms with Crippen molar-refractivity contribution in [3.8, 4) is 0 Å². The Hall–Kier alpha value is -1.65. The molecule has 5 rings (SSSR count). The predicted molar refractivity (Wildman–Crippen MR) is 103 cm³/mol. The quantitative estimate of drug-likeness (QED) is 0.770. The molecule has 3 aliphatic heterocycles. The number of hydrogen-bond acceptors (Lipinski definition) is 2. The Kier molecular flexibility index (Phi) is 4.65. The van der Waals surface area contributed by atoms with Gasteiger partial charge in [0.15, 0.2) is 0 Å². The maximum atomic E-state index is 12.2. The smallest absolute Gasteiger partial charge is 0.219 e. The maximum Gasteiger partial charge on any atom is 0.219 e. The molecule has 3 aliphatic rings. The van der Waals surface area contributed by atoms with E-state index < -0.39 is 0 Å². The van der Waals surface area contributed by atoms with Gasteiger partial charge in [-0.2, -0.15) is 0 Å². The van der Waals surface area contributed by atoms with Crippen LogP contribution in [0.3, 0.4) is 0 Å². The average Bonchev–Trinajstić information content (AvgIpc) is 2.55. The lowest BCUT2D eigenvalue weighted by Gasteiger charge is -2.48. The van der Waals surface area contributed by atoms with Gasteiger partial charge in [0.1, 0.15) is 0 Å². The number of nitrogens with zero attached hydrogens (tertiary/aromatic N) is 2. The number of hydrogen-bond donors (Lipinski definition) is 0. The van der Waals surface area contributed by atoms with Gasteiger partial charge in [0.05, 0.1) is 0 Å². The minimum Gasteiger partial charge on any atom is -0.337 e. The summed E-state index contributed by atoms with van der Waals surface area (Å²) < 4.78 is 1.12. The van der Waals surface area contributed by atoms with Crippen LogP contribution < -0.4 is 0 Å². The monoisotopic (exact) mass is 398 g/mol. The molecule has 3 heterocycles. The molecule has 0 saturated carbocycles. The van der Waals surface area contributed by atoms with E-state index in [1.165, 1.54) is 16.7 Å². The van der Waals surface area contributed by atoms with Crippen LogP contribution in [0, 0.1) is 0 Å². The molecule has 1 saturated heterocycles. The molecule has 0 spiro atoms. The molecule has 2 atom stereocenters. The Morgan fingerprint density at radius 3 is 2.44 bits per heavy atom. The fourth-order valence-electron chi connectivity index (χ4n) is 4.29. The Balaban J connectivity index is 1.64. The van der Waals surface area contributed by atoms with Crippen molar-refractivity contribution in [2.24, 2.45) is 0 Å². The lowest BCUT2D eigenvalue weighted by Crippen LogP contribution is -2.61. The van der Waals surface area contributed by atoms with E-state index in [4.69, 9.17) is 0 Å². The lowest BCUT2D eigenvalue weighted by molar-refractivity contribution is -0.136. The fourth-order valence-corrected chi connectivity index (χ4v) is 4.74. The number of piperazine rings is 1. The van der Waals surface area contributed by atoms with Crippen LogP contribution in [0.25, 0.3) is 0 Å². The van der Waals surface area contributed by atoms with E-state index in [2.05, 4.69) is 74.3 Å². The van der Waals surface area contributed by atoms with Gasteiger partial charge in [-0.05, 0) is 41.7 Å². The molecule has 0 N–H and O–H groups in total. The van der Waals surface area contributed by atoms with Crippen molar-refractivity contribution in [2.75, 3.05) is 13.1 Å². The van der Waals surface area contributed by atoms with Crippen LogP contribution in [0.15, 0.2) is 53.0 Å². The molecule has 4 heteroatoms. The summed E-state index contributed by atoms with van der Waals surface area (Å²) in [5.41, 5.74) is 4.17. The number of benzene rings is 2. The van der Waals surface area contributed by atoms with Gasteiger partial charge in [0, 0.05) is 43.1 Å². The Morgan fingerprint density at radius 1 is 1.04 bits per heavy atom. The van der Waals surface area contributed by atoms with E-state index in [9.17, 15) is 4.79 Å². The molecular formula is C21H23BrN2O. The topological polar surface area (TPSA) is 23.6 Å². The molecule has 2 bridgehead atoms. The molecule has 2 aromatic rings. The second-order valence-corrected chi connectivity index (χ2v) is 8.13. The van der Waals surface area contributed by atoms with Crippen molar-refractivity contribution in [3.63, 3.8) is 0 Å². The van der Waals surface area contributed by atoms with Crippen molar-refractivity contribution in [1.29, 1.82) is 0 Å². The SMILES string of the molecule is CC(=O)N1CC2Cc3ccccc3CC1CN2Cc1cccc(Br)c1. The number of fused-ring (bicyclic) bond motifs is 2. The molecule has 0 aliphatic carbocycles. The van der Waals surface area contributed by atoms with E-state index in [0.29, 0.717) is 6.04 Å². The highest BCUT2D eigenvalue weighted by Crippen LogP contribution is 2.29. The largest absolute Gasteiger partial charge is 0.337 e. The van der Waals surface area contributed by atoms with Crippen molar-refractivity contribution < 1.29 is 4.79 Å². The summed E-state index contributed by atoms with van der Waals surface area (Å²) in [6.07, 6.45) is 1.97. The van der Waals surface area contributed by atoms with E-state index in [-0.39, 0.29) is 11.9 Å². The summed E-state index contributed by atoms with van der Waals surface area (Å²) in [6.45, 7) is 4.43. The molecule has 2 aromatic carbocycles. The zero-order valence-corrected chi connectivity index (χ0v) is 16.1. The highest BCUT2D eigenvalue weighted by atomic mass is 79.9. The van der Waals surface area contributed by atoms with Gasteiger partial charge in [-0.15, -0.1) is 0 Å². The van der Waals surface area contributed by atoms with Crippen LogP contribution in [0.5, 0.6) is 0 Å². The van der Waals surface area contributed by atoms with Gasteiger partial charge in [0.25, 0.3) is 0 Å². The molecular weight excluding hydrogens is 376 g/mol. The van der Waals surface area contributed by atoms with E-state index >= 15 is 0 Å². The van der Waals surface area contributed by atoms with Crippen molar-refractivity contribution in [2.45, 2.75) is 38.4 Å². The Bertz CT molecular complexity index is 791. The zero-order chi connectivity index (χ0) is 17.4. The van der Waals surface area contributed by atoms with Crippen LogP contribution in [0.4, 0.5) is 0 Å². The number of rotatable bonds is 2. The lowest BCUT2D eigenvalue weighted by atomic mass is 9.87. The summed E-state index contributed by atoms with van der Waals surface area (Å²) in [6, 6.07) is 17.9. The third kappa shape index (κ3) is 3.51. The number of carbonyl (C=O) groups is 1. The normalized spacial score (nSPS) is 23.0. The van der Waals surface area contributed by atoms with Crippen LogP contribution in [-0.2, 0) is 24.2 Å². The number of halogens is 1. The Labute approximate surface area is 157 Å². The average molecular weight is 399 g/mol. The summed E-state index contributed by atoms with van der Waals surface area (Å²) >= 11 is 3.57. The second-order valence-electron chi connectivity index (χ2n) is 7.22. The first kappa shape index (κ1) is 16.8. The number of amides is 1. The zero-order valence-electron chi connectivity index (χ0n) is 14.5. The highest BCUT2D eigenvalue weighted by molar-refractivity contribution is 9.10. The van der Waals surface area contributed by atoms with E-state index in [0.717, 1.165) is 36.9 Å². The molecule has 1 fully saturated rings. The van der Waals surface area contributed by atoms with Gasteiger partial charge in [0.2, 0.25) is 5.91 Å². The van der Waals surface area contributed by atoms with Crippen LogP contribution in [0.2, 0.25) is 0 Å². The third-order valence-electron chi connectivity index (χ3n) is 5.52. The minimum absolute atomic E-state index is 0.205. The number of carbonyl (C=O) groups excluding carboxylic acids is 1. The van der Waals surface area contributed by atoms with E-state index in [1.54, 1.807) is 6.92 Å². The van der Waals surface area contributed by atoms with Gasteiger partial charge in [-0.25, -0.2) is 0 Å². The molecule has 3 nitrogen and oxygen atoms in total. The fraction of sp³-hybridized carbons (Fsp3) is 0.381. The molecule has 130 valence electrons. The van der Waals surface area contributed by atoms with Crippen molar-refractivity contribution in [1.82, 2.24) is 9.80 Å². The third-order valence-corrected chi connectivity index (χ3v) is 6.01. The van der Waals surface area contributed by atoms with E-state index in [1.807, 2.05) is 0 Å². The van der Waals surface area contributed by atoms with Gasteiger partial charge in [-0.3, -0.25) is 9.69 Å². The van der Waals surface area contributed by atoms with Crippen LogP contribution in [0.1, 0.15) is 23.6 Å². The first-order valence-corrected chi connectivity index (χ1v) is 9.72. The van der Waals surface area contributed by atoms with Gasteiger partial charge < -0.3 is 4.90 Å². The first-order chi connectivity index (χ1) is 12.1. The van der Waals surface area contributed by atoms with Crippen molar-refractivity contribution in [3.05, 3.63) is 69.7 Å². The van der Waals surface area contributed by atoms with Gasteiger partial charge in [-0.1, -0.05) is 52.3 Å². The molecule has 2 unspecified atom stereocenters. The molecule has 1 amide bonds. The van der Waals surface area contributed by atoms with Crippen molar-refractivity contribution >= 4 is 21.8 Å². The summed E-state index contributed by atoms with van der Waals surface area (Å²) in [7, 11) is 0. The first-order valence-electron chi connectivity index (χ1n) is 8.92. The second kappa shape index (κ2) is 6.93. The maximum absolute atomic E-state index is 12.2. The van der Waals surface area contributed by atoms with Crippen LogP contribution >= 0.6 is 15.9 Å². The van der Waals surface area contributed by atoms with Gasteiger partial charge >= 0.3 is 0 Å². The van der Waals surface area contributed by atoms with Crippen LogP contribution in [-0.4, -0.2) is 40.9 Å². The highest BCUT2D eigenvalue weighted by Gasteiger charge is 2.37. The summed E-state index contributed by atoms with van der Waals surface area (Å²) in [5.74, 6) is 0.205. The standard InChI is InChI=1S/C21H23BrN2O/c1-15(25)24-14-20-10-17-6-2-3-7-18(17)11-21(24)13-23(20)12-16-5-4-8-19(22)9-16/h2-9,20-21H,10-14H2,1H3. The summed E-state index contributed by atoms with van der Waals surface area (Å²) in [5, 5.41) is 0. The summed E-state index contributed by atoms with van der Waals surface area (Å²) in [4.78, 5) is 16.8. The minimum atomic E-state index is 0.205. The molecule has 25 heavy (non-hydrogen) atoms. The Morgan fingerprint density at radius 2 is 1.76 bits per heavy atom. The predicted octanol–water partition coefficient (Wildman–Crippen LogP) is 3.65. The molecule has 0 aromatic heterocycles. The molecule has 0 radical (unpaired) electrons.